The van der Waals surface area contributed by atoms with Crippen LogP contribution in [0.1, 0.15) is 26.2 Å². The maximum absolute atomic E-state index is 12.8. The Labute approximate surface area is 150 Å². The minimum Gasteiger partial charge on any atom is -0.337 e. The van der Waals surface area contributed by atoms with Crippen LogP contribution in [-0.4, -0.2) is 52.9 Å². The van der Waals surface area contributed by atoms with Gasteiger partial charge in [0, 0.05) is 12.6 Å². The molecule has 0 N–H and O–H groups in total. The van der Waals surface area contributed by atoms with Crippen LogP contribution in [0.2, 0.25) is 0 Å². The first-order valence-corrected chi connectivity index (χ1v) is 11.0. The first-order chi connectivity index (χ1) is 11.9. The molecule has 2 aromatic rings. The molecule has 136 valence electrons. The van der Waals surface area contributed by atoms with Gasteiger partial charge in [-0.2, -0.15) is 0 Å². The van der Waals surface area contributed by atoms with Crippen LogP contribution < -0.4 is 5.56 Å². The number of unbranched alkanes of at least 4 members (excludes halogenated alkanes) is 1. The number of hydrogen-bond acceptors (Lipinski definition) is 6. The van der Waals surface area contributed by atoms with Crippen molar-refractivity contribution in [2.24, 2.45) is 0 Å². The fraction of sp³-hybridized carbons (Fsp3) is 0.562. The zero-order chi connectivity index (χ0) is 18.0. The predicted molar refractivity (Wildman–Crippen MR) is 97.6 cm³/mol. The molecular weight excluding hydrogens is 362 g/mol. The Morgan fingerprint density at radius 1 is 1.48 bits per heavy atom. The molecule has 0 unspecified atom stereocenters. The van der Waals surface area contributed by atoms with E-state index in [-0.39, 0.29) is 35.6 Å². The molecule has 1 fully saturated rings. The van der Waals surface area contributed by atoms with Gasteiger partial charge in [0.15, 0.2) is 9.84 Å². The largest absolute Gasteiger partial charge is 0.337 e. The van der Waals surface area contributed by atoms with E-state index in [0.29, 0.717) is 23.2 Å². The summed E-state index contributed by atoms with van der Waals surface area (Å²) in [6.07, 6.45) is 3.57. The quantitative estimate of drug-likeness (QED) is 0.749. The summed E-state index contributed by atoms with van der Waals surface area (Å²) in [4.78, 5) is 31.7. The number of rotatable bonds is 6. The molecule has 0 saturated carbocycles. The summed E-state index contributed by atoms with van der Waals surface area (Å²) in [6.45, 7) is 2.42. The number of amides is 1. The second kappa shape index (κ2) is 7.25. The third-order valence-electron chi connectivity index (χ3n) is 4.48. The lowest BCUT2D eigenvalue weighted by Gasteiger charge is -2.28. The number of fused-ring (bicyclic) bond motifs is 1. The van der Waals surface area contributed by atoms with E-state index in [4.69, 9.17) is 0 Å². The highest BCUT2D eigenvalue weighted by molar-refractivity contribution is 7.91. The Bertz CT molecular complexity index is 932. The maximum Gasteiger partial charge on any atom is 0.262 e. The van der Waals surface area contributed by atoms with E-state index in [1.54, 1.807) is 16.3 Å². The molecule has 0 bridgehead atoms. The molecule has 0 aliphatic carbocycles. The zero-order valence-electron chi connectivity index (χ0n) is 14.1. The SMILES string of the molecule is CCCCN(C(=O)Cn1cnc2sccc2c1=O)[C@H]1CCS(=O)(=O)C1. The van der Waals surface area contributed by atoms with Crippen molar-refractivity contribution < 1.29 is 13.2 Å². The van der Waals surface area contributed by atoms with Gasteiger partial charge in [0.05, 0.1) is 23.2 Å². The summed E-state index contributed by atoms with van der Waals surface area (Å²) in [5.41, 5.74) is -0.242. The summed E-state index contributed by atoms with van der Waals surface area (Å²) < 4.78 is 24.8. The van der Waals surface area contributed by atoms with Gasteiger partial charge in [-0.25, -0.2) is 13.4 Å². The lowest BCUT2D eigenvalue weighted by atomic mass is 10.2. The molecule has 9 heteroatoms. The normalized spacial score (nSPS) is 19.3. The Balaban J connectivity index is 1.81. The first kappa shape index (κ1) is 18.1. The van der Waals surface area contributed by atoms with Crippen molar-refractivity contribution in [3.05, 3.63) is 28.1 Å². The second-order valence-corrected chi connectivity index (χ2v) is 9.44. The minimum atomic E-state index is -3.07. The van der Waals surface area contributed by atoms with E-state index in [2.05, 4.69) is 4.98 Å². The molecule has 0 radical (unpaired) electrons. The van der Waals surface area contributed by atoms with Gasteiger partial charge in [-0.05, 0) is 24.3 Å². The van der Waals surface area contributed by atoms with Gasteiger partial charge in [-0.1, -0.05) is 13.3 Å². The summed E-state index contributed by atoms with van der Waals surface area (Å²) >= 11 is 1.38. The lowest BCUT2D eigenvalue weighted by Crippen LogP contribution is -2.44. The summed E-state index contributed by atoms with van der Waals surface area (Å²) in [6, 6.07) is 1.41. The molecule has 0 spiro atoms. The molecule has 25 heavy (non-hydrogen) atoms. The molecular formula is C16H21N3O4S2. The average molecular weight is 383 g/mol. The van der Waals surface area contributed by atoms with Gasteiger partial charge in [0.2, 0.25) is 5.91 Å². The van der Waals surface area contributed by atoms with Crippen LogP contribution in [0.25, 0.3) is 10.2 Å². The van der Waals surface area contributed by atoms with Gasteiger partial charge in [0.25, 0.3) is 5.56 Å². The van der Waals surface area contributed by atoms with Crippen LogP contribution in [0.15, 0.2) is 22.6 Å². The molecule has 1 amide bonds. The van der Waals surface area contributed by atoms with Gasteiger partial charge in [-0.3, -0.25) is 14.2 Å². The third kappa shape index (κ3) is 3.92. The highest BCUT2D eigenvalue weighted by atomic mass is 32.2. The van der Waals surface area contributed by atoms with E-state index in [9.17, 15) is 18.0 Å². The summed E-state index contributed by atoms with van der Waals surface area (Å²) in [7, 11) is -3.07. The topological polar surface area (TPSA) is 89.3 Å². The van der Waals surface area contributed by atoms with Crippen molar-refractivity contribution in [2.45, 2.75) is 38.8 Å². The number of carbonyl (C=O) groups excluding carboxylic acids is 1. The van der Waals surface area contributed by atoms with Gasteiger partial charge < -0.3 is 4.90 Å². The smallest absolute Gasteiger partial charge is 0.262 e. The Hall–Kier alpha value is -1.74. The van der Waals surface area contributed by atoms with Crippen LogP contribution in [0, 0.1) is 0 Å². The molecule has 3 rings (SSSR count). The van der Waals surface area contributed by atoms with E-state index >= 15 is 0 Å². The van der Waals surface area contributed by atoms with Crippen molar-refractivity contribution >= 4 is 37.3 Å². The molecule has 1 aliphatic heterocycles. The standard InChI is InChI=1S/C16H21N3O4S2/c1-2-3-6-19(12-5-8-25(22,23)10-12)14(20)9-18-11-17-15-13(16(18)21)4-7-24-15/h4,7,11-12H,2-3,5-6,8-10H2,1H3/t12-/m0/s1. The number of nitrogens with zero attached hydrogens (tertiary/aromatic N) is 3. The van der Waals surface area contributed by atoms with Crippen LogP contribution in [0.4, 0.5) is 0 Å². The Morgan fingerprint density at radius 2 is 2.28 bits per heavy atom. The number of sulfone groups is 1. The van der Waals surface area contributed by atoms with Crippen molar-refractivity contribution in [1.29, 1.82) is 0 Å². The fourth-order valence-corrected chi connectivity index (χ4v) is 5.56. The number of carbonyl (C=O) groups is 1. The molecule has 1 saturated heterocycles. The second-order valence-electron chi connectivity index (χ2n) is 6.31. The van der Waals surface area contributed by atoms with Gasteiger partial charge >= 0.3 is 0 Å². The average Bonchev–Trinajstić information content (AvgIpc) is 3.17. The van der Waals surface area contributed by atoms with Crippen LogP contribution in [0.5, 0.6) is 0 Å². The maximum atomic E-state index is 12.8. The summed E-state index contributed by atoms with van der Waals surface area (Å²) in [5.74, 6) is -0.0937. The number of hydrogen-bond donors (Lipinski definition) is 0. The van der Waals surface area contributed by atoms with Crippen molar-refractivity contribution in [3.8, 4) is 0 Å². The summed E-state index contributed by atoms with van der Waals surface area (Å²) in [5, 5.41) is 2.30. The minimum absolute atomic E-state index is 0.0131. The molecule has 3 heterocycles. The molecule has 1 aliphatic rings. The third-order valence-corrected chi connectivity index (χ3v) is 7.05. The van der Waals surface area contributed by atoms with Crippen molar-refractivity contribution in [1.82, 2.24) is 14.5 Å². The van der Waals surface area contributed by atoms with Crippen molar-refractivity contribution in [3.63, 3.8) is 0 Å². The monoisotopic (exact) mass is 383 g/mol. The van der Waals surface area contributed by atoms with Crippen LogP contribution >= 0.6 is 11.3 Å². The number of thiophene rings is 1. The van der Waals surface area contributed by atoms with Crippen LogP contribution in [-0.2, 0) is 21.2 Å². The van der Waals surface area contributed by atoms with E-state index < -0.39 is 9.84 Å². The molecule has 0 aromatic carbocycles. The fourth-order valence-electron chi connectivity index (χ4n) is 3.10. The highest BCUT2D eigenvalue weighted by Crippen LogP contribution is 2.19. The van der Waals surface area contributed by atoms with Crippen LogP contribution in [0.3, 0.4) is 0 Å². The van der Waals surface area contributed by atoms with Gasteiger partial charge in [-0.15, -0.1) is 11.3 Å². The molecule has 1 atom stereocenters. The molecule has 7 nitrogen and oxygen atoms in total. The van der Waals surface area contributed by atoms with Crippen molar-refractivity contribution in [2.75, 3.05) is 18.1 Å². The highest BCUT2D eigenvalue weighted by Gasteiger charge is 2.34. The van der Waals surface area contributed by atoms with E-state index in [0.717, 1.165) is 12.8 Å². The van der Waals surface area contributed by atoms with E-state index in [1.165, 1.54) is 22.2 Å². The molecule has 2 aromatic heterocycles. The Morgan fingerprint density at radius 3 is 2.96 bits per heavy atom. The van der Waals surface area contributed by atoms with E-state index in [1.807, 2.05) is 6.92 Å². The first-order valence-electron chi connectivity index (χ1n) is 8.34. The van der Waals surface area contributed by atoms with Gasteiger partial charge in [0.1, 0.15) is 11.4 Å². The number of aromatic nitrogens is 2. The Kier molecular flexibility index (Phi) is 5.24. The zero-order valence-corrected chi connectivity index (χ0v) is 15.7. The predicted octanol–water partition coefficient (Wildman–Crippen LogP) is 1.27. The lowest BCUT2D eigenvalue weighted by molar-refractivity contribution is -0.133.